The van der Waals surface area contributed by atoms with Crippen molar-refractivity contribution in [2.75, 3.05) is 59.9 Å². The highest BCUT2D eigenvalue weighted by molar-refractivity contribution is 14.0. The van der Waals surface area contributed by atoms with Crippen LogP contribution >= 0.6 is 24.0 Å². The maximum absolute atomic E-state index is 13.1. The zero-order valence-electron chi connectivity index (χ0n) is 16.2. The van der Waals surface area contributed by atoms with Crippen LogP contribution in [0.4, 0.5) is 4.39 Å². The SMILES string of the molecule is CN=C(NCCc1ccc(F)cc1C)NCCN1CCCN(C)CC1.I. The average molecular weight is 477 g/mol. The van der Waals surface area contributed by atoms with E-state index in [2.05, 4.69) is 32.5 Å². The summed E-state index contributed by atoms with van der Waals surface area (Å²) >= 11 is 0. The van der Waals surface area contributed by atoms with Crippen LogP contribution in [-0.2, 0) is 6.42 Å². The second-order valence-electron chi connectivity index (χ2n) is 6.75. The Bertz CT molecular complexity index is 567. The number of nitrogens with one attached hydrogen (secondary N) is 2. The van der Waals surface area contributed by atoms with Crippen LogP contribution in [0.5, 0.6) is 0 Å². The molecule has 0 aromatic heterocycles. The molecule has 1 aliphatic rings. The van der Waals surface area contributed by atoms with Crippen molar-refractivity contribution in [1.29, 1.82) is 0 Å². The van der Waals surface area contributed by atoms with E-state index < -0.39 is 0 Å². The van der Waals surface area contributed by atoms with E-state index in [1.165, 1.54) is 25.6 Å². The largest absolute Gasteiger partial charge is 0.356 e. The van der Waals surface area contributed by atoms with Crippen molar-refractivity contribution < 1.29 is 4.39 Å². The molecule has 5 nitrogen and oxygen atoms in total. The lowest BCUT2D eigenvalue weighted by molar-refractivity contribution is 0.280. The summed E-state index contributed by atoms with van der Waals surface area (Å²) < 4.78 is 13.1. The van der Waals surface area contributed by atoms with E-state index in [0.29, 0.717) is 0 Å². The third-order valence-corrected chi connectivity index (χ3v) is 4.75. The number of hydrogen-bond donors (Lipinski definition) is 2. The molecule has 0 saturated carbocycles. The average Bonchev–Trinajstić information content (AvgIpc) is 2.79. The van der Waals surface area contributed by atoms with Crippen LogP contribution in [0.1, 0.15) is 17.5 Å². The topological polar surface area (TPSA) is 42.9 Å². The van der Waals surface area contributed by atoms with Gasteiger partial charge in [-0.2, -0.15) is 0 Å². The van der Waals surface area contributed by atoms with Gasteiger partial charge in [0.25, 0.3) is 0 Å². The molecular weight excluding hydrogens is 444 g/mol. The molecule has 0 spiro atoms. The molecule has 0 unspecified atom stereocenters. The highest BCUT2D eigenvalue weighted by atomic mass is 127. The van der Waals surface area contributed by atoms with Crippen molar-refractivity contribution in [3.63, 3.8) is 0 Å². The number of aliphatic imine (C=N–C) groups is 1. The van der Waals surface area contributed by atoms with Crippen LogP contribution in [0.25, 0.3) is 0 Å². The van der Waals surface area contributed by atoms with E-state index in [0.717, 1.165) is 56.2 Å². The lowest BCUT2D eigenvalue weighted by Crippen LogP contribution is -2.42. The van der Waals surface area contributed by atoms with Crippen LogP contribution in [0, 0.1) is 12.7 Å². The highest BCUT2D eigenvalue weighted by Gasteiger charge is 2.11. The van der Waals surface area contributed by atoms with Crippen molar-refractivity contribution in [3.05, 3.63) is 35.1 Å². The van der Waals surface area contributed by atoms with Crippen LogP contribution < -0.4 is 10.6 Å². The number of nitrogens with zero attached hydrogens (tertiary/aromatic N) is 3. The summed E-state index contributed by atoms with van der Waals surface area (Å²) in [5.74, 6) is 0.651. The van der Waals surface area contributed by atoms with Gasteiger partial charge in [-0.25, -0.2) is 4.39 Å². The van der Waals surface area contributed by atoms with Crippen molar-refractivity contribution in [3.8, 4) is 0 Å². The van der Waals surface area contributed by atoms with E-state index >= 15 is 0 Å². The van der Waals surface area contributed by atoms with E-state index in [4.69, 9.17) is 0 Å². The Labute approximate surface area is 174 Å². The molecule has 1 saturated heterocycles. The second kappa shape index (κ2) is 12.5. The maximum Gasteiger partial charge on any atom is 0.191 e. The molecule has 148 valence electrons. The van der Waals surface area contributed by atoms with E-state index in [1.807, 2.05) is 13.0 Å². The van der Waals surface area contributed by atoms with Gasteiger partial charge >= 0.3 is 0 Å². The molecule has 2 N–H and O–H groups in total. The van der Waals surface area contributed by atoms with Gasteiger partial charge in [-0.05, 0) is 63.2 Å². The summed E-state index contributed by atoms with van der Waals surface area (Å²) in [6.07, 6.45) is 2.09. The molecule has 1 aromatic rings. The Balaban J connectivity index is 0.00000338. The lowest BCUT2D eigenvalue weighted by Gasteiger charge is -2.21. The van der Waals surface area contributed by atoms with Gasteiger partial charge in [-0.15, -0.1) is 24.0 Å². The molecule has 1 aliphatic heterocycles. The van der Waals surface area contributed by atoms with Crippen molar-refractivity contribution in [1.82, 2.24) is 20.4 Å². The van der Waals surface area contributed by atoms with E-state index in [9.17, 15) is 4.39 Å². The monoisotopic (exact) mass is 477 g/mol. The molecule has 1 aromatic carbocycles. The molecule has 2 rings (SSSR count). The van der Waals surface area contributed by atoms with Gasteiger partial charge in [0.1, 0.15) is 5.82 Å². The molecular formula is C19H33FIN5. The fourth-order valence-electron chi connectivity index (χ4n) is 3.13. The zero-order valence-corrected chi connectivity index (χ0v) is 18.6. The number of hydrogen-bond acceptors (Lipinski definition) is 3. The van der Waals surface area contributed by atoms with Gasteiger partial charge in [0.2, 0.25) is 0 Å². The zero-order chi connectivity index (χ0) is 18.1. The van der Waals surface area contributed by atoms with Crippen LogP contribution in [-0.4, -0.2) is 75.7 Å². The number of likely N-dealkylation sites (N-methyl/N-ethyl adjacent to an activating group) is 1. The van der Waals surface area contributed by atoms with Crippen molar-refractivity contribution >= 4 is 29.9 Å². The van der Waals surface area contributed by atoms with Crippen LogP contribution in [0.15, 0.2) is 23.2 Å². The number of benzene rings is 1. The van der Waals surface area contributed by atoms with Crippen molar-refractivity contribution in [2.24, 2.45) is 4.99 Å². The Morgan fingerprint density at radius 1 is 1.15 bits per heavy atom. The Morgan fingerprint density at radius 3 is 2.65 bits per heavy atom. The normalized spacial score (nSPS) is 16.7. The molecule has 26 heavy (non-hydrogen) atoms. The summed E-state index contributed by atoms with van der Waals surface area (Å²) in [7, 11) is 3.98. The summed E-state index contributed by atoms with van der Waals surface area (Å²) in [5, 5.41) is 6.72. The minimum Gasteiger partial charge on any atom is -0.356 e. The van der Waals surface area contributed by atoms with Crippen LogP contribution in [0.2, 0.25) is 0 Å². The fraction of sp³-hybridized carbons (Fsp3) is 0.632. The number of rotatable bonds is 6. The summed E-state index contributed by atoms with van der Waals surface area (Å²) in [6, 6.07) is 4.97. The third-order valence-electron chi connectivity index (χ3n) is 4.75. The first kappa shape index (κ1) is 23.1. The van der Waals surface area contributed by atoms with Gasteiger partial charge in [-0.3, -0.25) is 4.99 Å². The Morgan fingerprint density at radius 2 is 1.92 bits per heavy atom. The Kier molecular flexibility index (Phi) is 11.1. The molecule has 0 aliphatic carbocycles. The predicted molar refractivity (Wildman–Crippen MR) is 118 cm³/mol. The molecule has 0 amide bonds. The smallest absolute Gasteiger partial charge is 0.191 e. The first-order chi connectivity index (χ1) is 12.1. The van der Waals surface area contributed by atoms with Gasteiger partial charge in [0, 0.05) is 39.8 Å². The quantitative estimate of drug-likeness (QED) is 0.374. The lowest BCUT2D eigenvalue weighted by atomic mass is 10.1. The molecule has 0 bridgehead atoms. The molecule has 7 heteroatoms. The van der Waals surface area contributed by atoms with E-state index in [-0.39, 0.29) is 29.8 Å². The molecule has 1 heterocycles. The summed E-state index contributed by atoms with van der Waals surface area (Å²) in [4.78, 5) is 9.18. The standard InChI is InChI=1S/C19H32FN5.HI/c1-16-15-18(20)6-5-17(16)7-8-22-19(21-2)23-9-12-25-11-4-10-24(3)13-14-25;/h5-6,15H,4,7-14H2,1-3H3,(H2,21,22,23);1H. The predicted octanol–water partition coefficient (Wildman–Crippen LogP) is 2.10. The number of guanidine groups is 1. The van der Waals surface area contributed by atoms with Crippen molar-refractivity contribution in [2.45, 2.75) is 19.8 Å². The van der Waals surface area contributed by atoms with E-state index in [1.54, 1.807) is 13.1 Å². The Hall–Kier alpha value is -0.930. The molecule has 0 atom stereocenters. The van der Waals surface area contributed by atoms with Gasteiger partial charge in [0.05, 0.1) is 0 Å². The molecule has 0 radical (unpaired) electrons. The fourth-order valence-corrected chi connectivity index (χ4v) is 3.13. The summed E-state index contributed by atoms with van der Waals surface area (Å²) in [6.45, 7) is 9.28. The van der Waals surface area contributed by atoms with Crippen LogP contribution in [0.3, 0.4) is 0 Å². The first-order valence-corrected chi connectivity index (χ1v) is 9.19. The summed E-state index contributed by atoms with van der Waals surface area (Å²) in [5.41, 5.74) is 2.16. The van der Waals surface area contributed by atoms with Gasteiger partial charge in [-0.1, -0.05) is 6.07 Å². The second-order valence-corrected chi connectivity index (χ2v) is 6.75. The first-order valence-electron chi connectivity index (χ1n) is 9.19. The highest BCUT2D eigenvalue weighted by Crippen LogP contribution is 2.10. The minimum absolute atomic E-state index is 0. The van der Waals surface area contributed by atoms with Gasteiger partial charge < -0.3 is 20.4 Å². The molecule has 1 fully saturated rings. The van der Waals surface area contributed by atoms with Gasteiger partial charge in [0.15, 0.2) is 5.96 Å². The maximum atomic E-state index is 13.1. The third kappa shape index (κ3) is 8.18. The number of aryl methyl sites for hydroxylation is 1. The minimum atomic E-state index is -0.175. The number of halogens is 2.